The molecule has 0 saturated carbocycles. The Hall–Kier alpha value is 0.207. The highest BCUT2D eigenvalue weighted by molar-refractivity contribution is 9.10. The first-order valence-corrected chi connectivity index (χ1v) is 12.0. The Labute approximate surface area is 128 Å². The zero-order valence-corrected chi connectivity index (χ0v) is 15.1. The van der Waals surface area contributed by atoms with E-state index in [1.165, 1.54) is 11.3 Å². The summed E-state index contributed by atoms with van der Waals surface area (Å²) in [4.78, 5) is 1.03. The lowest BCUT2D eigenvalue weighted by molar-refractivity contribution is -0.0417. The molecule has 1 aliphatic heterocycles. The van der Waals surface area contributed by atoms with Gasteiger partial charge in [0.25, 0.3) is 0 Å². The molecule has 19 heavy (non-hydrogen) atoms. The van der Waals surface area contributed by atoms with Crippen molar-refractivity contribution in [1.82, 2.24) is 0 Å². The van der Waals surface area contributed by atoms with Crippen molar-refractivity contribution in [2.45, 2.75) is 25.9 Å². The molecule has 1 fully saturated rings. The maximum Gasteiger partial charge on any atom is 0.194 e. The van der Waals surface area contributed by atoms with Crippen LogP contribution in [0.5, 0.6) is 0 Å². The lowest BCUT2D eigenvalue weighted by Crippen LogP contribution is -2.38. The second kappa shape index (κ2) is 4.89. The Morgan fingerprint density at radius 2 is 1.79 bits per heavy atom. The van der Waals surface area contributed by atoms with Crippen molar-refractivity contribution < 1.29 is 13.9 Å². The molecule has 0 amide bonds. The molecule has 7 heteroatoms. The van der Waals surface area contributed by atoms with Crippen molar-refractivity contribution in [3.63, 3.8) is 0 Å². The molecule has 0 radical (unpaired) electrons. The van der Waals surface area contributed by atoms with Crippen molar-refractivity contribution in [3.8, 4) is 0 Å². The summed E-state index contributed by atoms with van der Waals surface area (Å²) in [7, 11) is -1.70. The minimum Gasteiger partial charge on any atom is -0.345 e. The van der Waals surface area contributed by atoms with Crippen LogP contribution in [0.15, 0.2) is 4.47 Å². The van der Waals surface area contributed by atoms with Crippen LogP contribution in [0.25, 0.3) is 9.40 Å². The Morgan fingerprint density at radius 1 is 1.16 bits per heavy atom. The molecule has 3 heterocycles. The van der Waals surface area contributed by atoms with Crippen molar-refractivity contribution in [3.05, 3.63) is 14.5 Å². The number of fused-ring (bicyclic) bond motifs is 1. The van der Waals surface area contributed by atoms with Crippen LogP contribution in [0.4, 0.5) is 4.39 Å². The van der Waals surface area contributed by atoms with Crippen molar-refractivity contribution >= 4 is 61.3 Å². The summed E-state index contributed by atoms with van der Waals surface area (Å²) in [5.74, 6) is 0. The molecule has 0 spiro atoms. The van der Waals surface area contributed by atoms with Gasteiger partial charge in [-0.25, -0.2) is 0 Å². The minimum atomic E-state index is -1.70. The van der Waals surface area contributed by atoms with Crippen molar-refractivity contribution in [2.24, 2.45) is 0 Å². The van der Waals surface area contributed by atoms with E-state index >= 15 is 0 Å². The van der Waals surface area contributed by atoms with Crippen LogP contribution >= 0.6 is 38.6 Å². The molecular weight excluding hydrogens is 367 g/mol. The van der Waals surface area contributed by atoms with E-state index in [0.29, 0.717) is 13.2 Å². The molecule has 3 rings (SSSR count). The molecule has 0 unspecified atom stereocenters. The van der Waals surface area contributed by atoms with Crippen LogP contribution in [0.2, 0.25) is 19.6 Å². The number of thiophene rings is 2. The molecule has 2 aromatic rings. The smallest absolute Gasteiger partial charge is 0.194 e. The van der Waals surface area contributed by atoms with Crippen LogP contribution in [-0.4, -0.2) is 21.3 Å². The van der Waals surface area contributed by atoms with E-state index in [4.69, 9.17) is 9.47 Å². The maximum absolute atomic E-state index is 14.2. The lowest BCUT2D eigenvalue weighted by Gasteiger charge is -2.14. The first kappa shape index (κ1) is 14.2. The lowest BCUT2D eigenvalue weighted by atomic mass is 10.4. The third-order valence-corrected chi connectivity index (χ3v) is 9.07. The van der Waals surface area contributed by atoms with Gasteiger partial charge < -0.3 is 9.47 Å². The predicted octanol–water partition coefficient (Wildman–Crippen LogP) is 4.46. The van der Waals surface area contributed by atoms with E-state index in [2.05, 4.69) is 35.6 Å². The van der Waals surface area contributed by atoms with Crippen LogP contribution in [0.3, 0.4) is 0 Å². The van der Waals surface area contributed by atoms with Gasteiger partial charge in [0.05, 0.1) is 35.3 Å². The number of hydrogen-bond acceptors (Lipinski definition) is 4. The fourth-order valence-electron chi connectivity index (χ4n) is 2.20. The van der Waals surface area contributed by atoms with E-state index in [-0.39, 0.29) is 11.4 Å². The molecule has 0 aliphatic carbocycles. The molecule has 104 valence electrons. The molecule has 1 saturated heterocycles. The summed E-state index contributed by atoms with van der Waals surface area (Å²) in [6.07, 6.45) is -0.295. The van der Waals surface area contributed by atoms with E-state index in [1.807, 2.05) is 0 Å². The normalized spacial score (nSPS) is 17.7. The Kier molecular flexibility index (Phi) is 3.64. The standard InChI is InChI=1S/C12H14BrFO2S2Si/c1-19(2,3)10-9-7(18-11(10)14)6(13)8(17-9)12-15-4-5-16-12/h12H,4-5H2,1-3H3. The molecule has 0 atom stereocenters. The summed E-state index contributed by atoms with van der Waals surface area (Å²) in [6, 6.07) is 0. The van der Waals surface area contributed by atoms with E-state index in [0.717, 1.165) is 23.9 Å². The van der Waals surface area contributed by atoms with E-state index < -0.39 is 8.07 Å². The molecule has 0 N–H and O–H groups in total. The quantitative estimate of drug-likeness (QED) is 0.716. The second-order valence-electron chi connectivity index (χ2n) is 5.51. The second-order valence-corrected chi connectivity index (χ2v) is 13.3. The maximum atomic E-state index is 14.2. The monoisotopic (exact) mass is 380 g/mol. The highest BCUT2D eigenvalue weighted by atomic mass is 79.9. The molecular formula is C12H14BrFO2S2Si. The number of ether oxygens (including phenoxy) is 2. The minimum absolute atomic E-state index is 0.0269. The van der Waals surface area contributed by atoms with Gasteiger partial charge >= 0.3 is 0 Å². The van der Waals surface area contributed by atoms with Gasteiger partial charge in [-0.3, -0.25) is 0 Å². The van der Waals surface area contributed by atoms with Crippen molar-refractivity contribution in [2.75, 3.05) is 13.2 Å². The summed E-state index contributed by atoms with van der Waals surface area (Å²) in [5.41, 5.74) is 0. The van der Waals surface area contributed by atoms with Crippen LogP contribution < -0.4 is 5.19 Å². The third-order valence-electron chi connectivity index (χ3n) is 3.04. The first-order valence-electron chi connectivity index (χ1n) is 6.03. The van der Waals surface area contributed by atoms with E-state index in [1.54, 1.807) is 11.3 Å². The molecule has 1 aliphatic rings. The highest BCUT2D eigenvalue weighted by Crippen LogP contribution is 2.45. The van der Waals surface area contributed by atoms with Gasteiger partial charge in [-0.05, 0) is 15.9 Å². The van der Waals surface area contributed by atoms with Gasteiger partial charge in [0.15, 0.2) is 11.4 Å². The summed E-state index contributed by atoms with van der Waals surface area (Å²) in [6.45, 7) is 7.77. The number of hydrogen-bond donors (Lipinski definition) is 0. The zero-order chi connectivity index (χ0) is 13.8. The summed E-state index contributed by atoms with van der Waals surface area (Å²) < 4.78 is 28.3. The molecule has 2 aromatic heterocycles. The number of halogens is 2. The van der Waals surface area contributed by atoms with Crippen LogP contribution in [0, 0.1) is 5.13 Å². The number of rotatable bonds is 2. The Balaban J connectivity index is 2.19. The van der Waals surface area contributed by atoms with Gasteiger partial charge in [0.1, 0.15) is 0 Å². The van der Waals surface area contributed by atoms with Gasteiger partial charge in [0.2, 0.25) is 0 Å². The SMILES string of the molecule is C[Si](C)(C)c1c(F)sc2c(Br)c(C3OCCO3)sc12. The third kappa shape index (κ3) is 2.34. The Bertz CT molecular complexity index is 626. The van der Waals surface area contributed by atoms with E-state index in [9.17, 15) is 4.39 Å². The fourth-order valence-corrected chi connectivity index (χ4v) is 9.01. The Morgan fingerprint density at radius 3 is 2.37 bits per heavy atom. The van der Waals surface area contributed by atoms with Crippen molar-refractivity contribution in [1.29, 1.82) is 0 Å². The molecule has 2 nitrogen and oxygen atoms in total. The largest absolute Gasteiger partial charge is 0.345 e. The predicted molar refractivity (Wildman–Crippen MR) is 85.0 cm³/mol. The van der Waals surface area contributed by atoms with Crippen LogP contribution in [0.1, 0.15) is 11.2 Å². The van der Waals surface area contributed by atoms with Crippen LogP contribution in [-0.2, 0) is 9.47 Å². The zero-order valence-electron chi connectivity index (χ0n) is 10.9. The highest BCUT2D eigenvalue weighted by Gasteiger charge is 2.32. The van der Waals surface area contributed by atoms with Gasteiger partial charge in [0, 0.05) is 9.89 Å². The average Bonchev–Trinajstić information content (AvgIpc) is 2.94. The summed E-state index contributed by atoms with van der Waals surface area (Å²) in [5, 5.41) is 0.906. The topological polar surface area (TPSA) is 18.5 Å². The summed E-state index contributed by atoms with van der Waals surface area (Å²) >= 11 is 6.42. The molecule has 0 bridgehead atoms. The molecule has 0 aromatic carbocycles. The van der Waals surface area contributed by atoms with Gasteiger partial charge in [-0.15, -0.1) is 22.7 Å². The average molecular weight is 381 g/mol. The van der Waals surface area contributed by atoms with Gasteiger partial charge in [-0.2, -0.15) is 4.39 Å². The fraction of sp³-hybridized carbons (Fsp3) is 0.500. The first-order chi connectivity index (χ1) is 8.89. The van der Waals surface area contributed by atoms with Gasteiger partial charge in [-0.1, -0.05) is 19.6 Å².